The highest BCUT2D eigenvalue weighted by Crippen LogP contribution is 2.27. The largest absolute Gasteiger partial charge is 0.496 e. The molecule has 1 aromatic rings. The van der Waals surface area contributed by atoms with Crippen molar-refractivity contribution in [1.82, 2.24) is 0 Å². The van der Waals surface area contributed by atoms with Gasteiger partial charge in [-0.15, -0.1) is 0 Å². The van der Waals surface area contributed by atoms with Gasteiger partial charge in [0, 0.05) is 6.42 Å². The minimum absolute atomic E-state index is 0.613. The first-order valence-corrected chi connectivity index (χ1v) is 5.20. The summed E-state index contributed by atoms with van der Waals surface area (Å²) >= 11 is 0. The van der Waals surface area contributed by atoms with Gasteiger partial charge >= 0.3 is 0 Å². The summed E-state index contributed by atoms with van der Waals surface area (Å²) in [6.07, 6.45) is 0.613. The van der Waals surface area contributed by atoms with Crippen molar-refractivity contribution in [2.24, 2.45) is 0 Å². The van der Waals surface area contributed by atoms with Crippen LogP contribution in [0.1, 0.15) is 30.5 Å². The molecule has 0 fully saturated rings. The van der Waals surface area contributed by atoms with Gasteiger partial charge in [-0.1, -0.05) is 6.07 Å². The first-order valence-electron chi connectivity index (χ1n) is 5.20. The van der Waals surface area contributed by atoms with Crippen LogP contribution in [0.2, 0.25) is 0 Å². The highest BCUT2D eigenvalue weighted by Gasteiger charge is 2.18. The Labute approximate surface area is 91.9 Å². The topological polar surface area (TPSA) is 29.5 Å². The molecule has 0 unspecified atom stereocenters. The summed E-state index contributed by atoms with van der Waals surface area (Å²) in [4.78, 5) is 0. The molecule has 0 bridgehead atoms. The van der Waals surface area contributed by atoms with E-state index in [0.717, 1.165) is 11.3 Å². The van der Waals surface area contributed by atoms with Crippen LogP contribution >= 0.6 is 0 Å². The molecule has 0 aliphatic rings. The van der Waals surface area contributed by atoms with E-state index in [4.69, 9.17) is 4.74 Å². The summed E-state index contributed by atoms with van der Waals surface area (Å²) in [5.41, 5.74) is 2.75. The smallest absolute Gasteiger partial charge is 0.122 e. The molecule has 1 rings (SSSR count). The molecule has 15 heavy (non-hydrogen) atoms. The van der Waals surface area contributed by atoms with Crippen LogP contribution in [0.5, 0.6) is 5.75 Å². The third-order valence-electron chi connectivity index (χ3n) is 2.41. The van der Waals surface area contributed by atoms with E-state index < -0.39 is 5.60 Å². The van der Waals surface area contributed by atoms with E-state index in [9.17, 15) is 5.11 Å². The van der Waals surface area contributed by atoms with Crippen molar-refractivity contribution in [2.75, 3.05) is 7.11 Å². The molecule has 2 nitrogen and oxygen atoms in total. The highest BCUT2D eigenvalue weighted by atomic mass is 16.5. The number of aryl methyl sites for hydroxylation is 2. The molecule has 0 saturated heterocycles. The van der Waals surface area contributed by atoms with Crippen LogP contribution < -0.4 is 4.74 Å². The number of aliphatic hydroxyl groups is 1. The Morgan fingerprint density at radius 2 is 1.87 bits per heavy atom. The van der Waals surface area contributed by atoms with Crippen LogP contribution in [0.25, 0.3) is 0 Å². The van der Waals surface area contributed by atoms with E-state index >= 15 is 0 Å². The average Bonchev–Trinajstić information content (AvgIpc) is 2.07. The second-order valence-corrected chi connectivity index (χ2v) is 4.75. The lowest BCUT2D eigenvalue weighted by Crippen LogP contribution is -2.22. The molecule has 0 aliphatic heterocycles. The summed E-state index contributed by atoms with van der Waals surface area (Å²) < 4.78 is 5.34. The second kappa shape index (κ2) is 4.23. The number of ether oxygens (including phenoxy) is 1. The normalized spacial score (nSPS) is 11.6. The Kier molecular flexibility index (Phi) is 3.40. The molecule has 0 heterocycles. The molecule has 0 aliphatic carbocycles. The van der Waals surface area contributed by atoms with Crippen molar-refractivity contribution in [3.63, 3.8) is 0 Å². The van der Waals surface area contributed by atoms with Gasteiger partial charge in [-0.25, -0.2) is 0 Å². The maximum Gasteiger partial charge on any atom is 0.122 e. The van der Waals surface area contributed by atoms with E-state index in [-0.39, 0.29) is 0 Å². The zero-order chi connectivity index (χ0) is 11.6. The molecule has 0 amide bonds. The predicted octanol–water partition coefficient (Wildman–Crippen LogP) is 2.63. The molecule has 0 radical (unpaired) electrons. The Balaban J connectivity index is 3.15. The molecule has 0 spiro atoms. The second-order valence-electron chi connectivity index (χ2n) is 4.75. The first kappa shape index (κ1) is 12.1. The maximum atomic E-state index is 9.83. The molecule has 0 aromatic heterocycles. The SMILES string of the molecule is COc1cc(C)cc(C)c1CC(C)(C)O. The highest BCUT2D eigenvalue weighted by molar-refractivity contribution is 5.43. The number of benzene rings is 1. The molecule has 1 aromatic carbocycles. The fraction of sp³-hybridized carbons (Fsp3) is 0.538. The average molecular weight is 208 g/mol. The lowest BCUT2D eigenvalue weighted by Gasteiger charge is -2.21. The number of methoxy groups -OCH3 is 1. The fourth-order valence-corrected chi connectivity index (χ4v) is 1.80. The van der Waals surface area contributed by atoms with Gasteiger partial charge in [0.05, 0.1) is 12.7 Å². The lowest BCUT2D eigenvalue weighted by atomic mass is 9.93. The van der Waals surface area contributed by atoms with Crippen molar-refractivity contribution in [3.05, 3.63) is 28.8 Å². The molecule has 1 N–H and O–H groups in total. The molecule has 0 atom stereocenters. The Morgan fingerprint density at radius 3 is 2.33 bits per heavy atom. The first-order chi connectivity index (χ1) is 6.83. The summed E-state index contributed by atoms with van der Waals surface area (Å²) in [6.45, 7) is 7.72. The standard InChI is InChI=1S/C13H20O2/c1-9-6-10(2)11(8-13(3,4)14)12(7-9)15-5/h6-7,14H,8H2,1-5H3. The molecule has 2 heteroatoms. The van der Waals surface area contributed by atoms with Crippen molar-refractivity contribution < 1.29 is 9.84 Å². The van der Waals surface area contributed by atoms with Gasteiger partial charge < -0.3 is 9.84 Å². The van der Waals surface area contributed by atoms with Gasteiger partial charge in [-0.05, 0) is 50.5 Å². The Bertz CT molecular complexity index is 348. The van der Waals surface area contributed by atoms with Crippen molar-refractivity contribution >= 4 is 0 Å². The van der Waals surface area contributed by atoms with Gasteiger partial charge in [0.2, 0.25) is 0 Å². The monoisotopic (exact) mass is 208 g/mol. The van der Waals surface area contributed by atoms with Gasteiger partial charge in [0.15, 0.2) is 0 Å². The number of rotatable bonds is 3. The van der Waals surface area contributed by atoms with Crippen LogP contribution in [0.4, 0.5) is 0 Å². The van der Waals surface area contributed by atoms with E-state index in [2.05, 4.69) is 13.0 Å². The predicted molar refractivity (Wildman–Crippen MR) is 62.5 cm³/mol. The van der Waals surface area contributed by atoms with Gasteiger partial charge in [0.25, 0.3) is 0 Å². The van der Waals surface area contributed by atoms with Crippen LogP contribution in [0.3, 0.4) is 0 Å². The third-order valence-corrected chi connectivity index (χ3v) is 2.41. The minimum atomic E-state index is -0.701. The zero-order valence-electron chi connectivity index (χ0n) is 10.2. The maximum absolute atomic E-state index is 9.83. The summed E-state index contributed by atoms with van der Waals surface area (Å²) in [7, 11) is 1.67. The number of hydrogen-bond donors (Lipinski definition) is 1. The van der Waals surface area contributed by atoms with E-state index in [1.165, 1.54) is 11.1 Å². The Morgan fingerprint density at radius 1 is 1.27 bits per heavy atom. The van der Waals surface area contributed by atoms with E-state index in [1.54, 1.807) is 7.11 Å². The van der Waals surface area contributed by atoms with Crippen LogP contribution in [-0.4, -0.2) is 17.8 Å². The van der Waals surface area contributed by atoms with Gasteiger partial charge in [-0.2, -0.15) is 0 Å². The van der Waals surface area contributed by atoms with Crippen LogP contribution in [-0.2, 0) is 6.42 Å². The Hall–Kier alpha value is -1.02. The van der Waals surface area contributed by atoms with Crippen molar-refractivity contribution in [1.29, 1.82) is 0 Å². The summed E-state index contributed by atoms with van der Waals surface area (Å²) in [6, 6.07) is 4.12. The quantitative estimate of drug-likeness (QED) is 0.827. The van der Waals surface area contributed by atoms with E-state index in [0.29, 0.717) is 6.42 Å². The molecular formula is C13H20O2. The molecule has 0 saturated carbocycles. The summed E-state index contributed by atoms with van der Waals surface area (Å²) in [5.74, 6) is 0.870. The van der Waals surface area contributed by atoms with Gasteiger partial charge in [0.1, 0.15) is 5.75 Å². The van der Waals surface area contributed by atoms with E-state index in [1.807, 2.05) is 26.8 Å². The minimum Gasteiger partial charge on any atom is -0.496 e. The summed E-state index contributed by atoms with van der Waals surface area (Å²) in [5, 5.41) is 9.83. The van der Waals surface area contributed by atoms with Crippen LogP contribution in [0.15, 0.2) is 12.1 Å². The van der Waals surface area contributed by atoms with Crippen molar-refractivity contribution in [3.8, 4) is 5.75 Å². The third kappa shape index (κ3) is 3.24. The lowest BCUT2D eigenvalue weighted by molar-refractivity contribution is 0.0801. The fourth-order valence-electron chi connectivity index (χ4n) is 1.80. The van der Waals surface area contributed by atoms with Crippen molar-refractivity contribution in [2.45, 2.75) is 39.7 Å². The molecular weight excluding hydrogens is 188 g/mol. The zero-order valence-corrected chi connectivity index (χ0v) is 10.2. The molecule has 84 valence electrons. The van der Waals surface area contributed by atoms with Crippen LogP contribution in [0, 0.1) is 13.8 Å². The number of hydrogen-bond acceptors (Lipinski definition) is 2. The van der Waals surface area contributed by atoms with Gasteiger partial charge in [-0.3, -0.25) is 0 Å².